The van der Waals surface area contributed by atoms with Crippen LogP contribution in [0.5, 0.6) is 0 Å². The summed E-state index contributed by atoms with van der Waals surface area (Å²) in [6.45, 7) is 2.37. The fourth-order valence-electron chi connectivity index (χ4n) is 1.27. The van der Waals surface area contributed by atoms with Gasteiger partial charge in [-0.05, 0) is 25.8 Å². The van der Waals surface area contributed by atoms with E-state index >= 15 is 0 Å². The van der Waals surface area contributed by atoms with E-state index in [-0.39, 0.29) is 0 Å². The van der Waals surface area contributed by atoms with Crippen molar-refractivity contribution < 1.29 is 5.11 Å². The highest BCUT2D eigenvalue weighted by Crippen LogP contribution is 2.34. The molecule has 2 N–H and O–H groups in total. The van der Waals surface area contributed by atoms with E-state index in [1.165, 1.54) is 12.8 Å². The zero-order valence-electron chi connectivity index (χ0n) is 7.92. The molecule has 0 aromatic carbocycles. The average molecular weight is 189 g/mol. The minimum atomic E-state index is 0.297. The molecular formula is C9H19NOS. The van der Waals surface area contributed by atoms with Crippen molar-refractivity contribution in [3.05, 3.63) is 0 Å². The van der Waals surface area contributed by atoms with Crippen LogP contribution in [0.1, 0.15) is 19.8 Å². The predicted octanol–water partition coefficient (Wildman–Crippen LogP) is 1.10. The van der Waals surface area contributed by atoms with Gasteiger partial charge < -0.3 is 10.4 Å². The molecule has 1 fully saturated rings. The van der Waals surface area contributed by atoms with Gasteiger partial charge in [-0.15, -0.1) is 0 Å². The Labute approximate surface area is 79.1 Å². The molecule has 0 saturated heterocycles. The van der Waals surface area contributed by atoms with Crippen molar-refractivity contribution in [1.82, 2.24) is 5.32 Å². The van der Waals surface area contributed by atoms with Crippen LogP contribution in [-0.4, -0.2) is 35.8 Å². The first-order valence-corrected chi connectivity index (χ1v) is 5.72. The first-order chi connectivity index (χ1) is 5.77. The molecule has 1 aliphatic rings. The summed E-state index contributed by atoms with van der Waals surface area (Å²) in [6.07, 6.45) is 2.78. The summed E-state index contributed by atoms with van der Waals surface area (Å²) in [5.74, 6) is 2.05. The number of nitrogens with one attached hydrogen (secondary N) is 1. The molecule has 2 nitrogen and oxygen atoms in total. The van der Waals surface area contributed by atoms with Gasteiger partial charge in [0.1, 0.15) is 0 Å². The van der Waals surface area contributed by atoms with Crippen LogP contribution >= 0.6 is 11.8 Å². The Bertz CT molecular complexity index is 128. The Morgan fingerprint density at radius 3 is 2.67 bits per heavy atom. The lowest BCUT2D eigenvalue weighted by molar-refractivity contribution is 0.300. The first-order valence-electron chi connectivity index (χ1n) is 4.67. The summed E-state index contributed by atoms with van der Waals surface area (Å²) < 4.78 is 0. The zero-order valence-corrected chi connectivity index (χ0v) is 8.73. The predicted molar refractivity (Wildman–Crippen MR) is 54.6 cm³/mol. The van der Waals surface area contributed by atoms with Crippen LogP contribution in [0.3, 0.4) is 0 Å². The Balaban J connectivity index is 2.10. The van der Waals surface area contributed by atoms with Crippen molar-refractivity contribution in [2.75, 3.05) is 19.4 Å². The van der Waals surface area contributed by atoms with Gasteiger partial charge in [0.15, 0.2) is 0 Å². The largest absolute Gasteiger partial charge is 0.395 e. The molecular weight excluding hydrogens is 170 g/mol. The van der Waals surface area contributed by atoms with E-state index in [0.717, 1.165) is 11.7 Å². The highest BCUT2D eigenvalue weighted by atomic mass is 32.2. The Morgan fingerprint density at radius 1 is 1.58 bits per heavy atom. The smallest absolute Gasteiger partial charge is 0.0547 e. The van der Waals surface area contributed by atoms with E-state index in [4.69, 9.17) is 5.11 Å². The van der Waals surface area contributed by atoms with E-state index in [1.54, 1.807) is 0 Å². The van der Waals surface area contributed by atoms with Gasteiger partial charge in [0, 0.05) is 17.0 Å². The third-order valence-electron chi connectivity index (χ3n) is 2.38. The quantitative estimate of drug-likeness (QED) is 0.656. The molecule has 72 valence electrons. The molecule has 0 spiro atoms. The van der Waals surface area contributed by atoms with Gasteiger partial charge in [-0.2, -0.15) is 11.8 Å². The number of hydrogen-bond acceptors (Lipinski definition) is 3. The first kappa shape index (κ1) is 10.4. The molecule has 0 aromatic rings. The normalized spacial score (nSPS) is 22.2. The molecule has 0 bridgehead atoms. The number of aliphatic hydroxyl groups is 1. The zero-order chi connectivity index (χ0) is 8.97. The van der Waals surface area contributed by atoms with Gasteiger partial charge in [-0.3, -0.25) is 0 Å². The number of aliphatic hydroxyl groups excluding tert-OH is 1. The summed E-state index contributed by atoms with van der Waals surface area (Å²) in [6, 6.07) is 0.670. The SMILES string of the molecule is CNC(CSC(C)CO)C1CC1. The van der Waals surface area contributed by atoms with E-state index in [9.17, 15) is 0 Å². The Morgan fingerprint density at radius 2 is 2.25 bits per heavy atom. The van der Waals surface area contributed by atoms with Crippen LogP contribution in [0.2, 0.25) is 0 Å². The Hall–Kier alpha value is 0.270. The van der Waals surface area contributed by atoms with E-state index in [2.05, 4.69) is 12.2 Å². The molecule has 2 atom stereocenters. The summed E-state index contributed by atoms with van der Waals surface area (Å²) in [7, 11) is 2.03. The van der Waals surface area contributed by atoms with Crippen LogP contribution in [0, 0.1) is 5.92 Å². The van der Waals surface area contributed by atoms with Gasteiger partial charge in [0.05, 0.1) is 6.61 Å². The number of thioether (sulfide) groups is 1. The fourth-order valence-corrected chi connectivity index (χ4v) is 2.35. The lowest BCUT2D eigenvalue weighted by Gasteiger charge is -2.16. The van der Waals surface area contributed by atoms with Crippen LogP contribution in [0.25, 0.3) is 0 Å². The molecule has 12 heavy (non-hydrogen) atoms. The van der Waals surface area contributed by atoms with E-state index in [0.29, 0.717) is 17.9 Å². The molecule has 0 radical (unpaired) electrons. The molecule has 0 aromatic heterocycles. The van der Waals surface area contributed by atoms with Crippen molar-refractivity contribution >= 4 is 11.8 Å². The van der Waals surface area contributed by atoms with Crippen molar-refractivity contribution in [2.24, 2.45) is 5.92 Å². The number of rotatable bonds is 6. The van der Waals surface area contributed by atoms with Crippen molar-refractivity contribution in [3.63, 3.8) is 0 Å². The van der Waals surface area contributed by atoms with Gasteiger partial charge in [0.25, 0.3) is 0 Å². The van der Waals surface area contributed by atoms with Gasteiger partial charge in [-0.1, -0.05) is 6.92 Å². The Kier molecular flexibility index (Phi) is 4.40. The summed E-state index contributed by atoms with van der Waals surface area (Å²) >= 11 is 1.86. The van der Waals surface area contributed by atoms with Crippen molar-refractivity contribution in [1.29, 1.82) is 0 Å². The molecule has 2 unspecified atom stereocenters. The van der Waals surface area contributed by atoms with E-state index in [1.807, 2.05) is 18.8 Å². The second-order valence-electron chi connectivity index (χ2n) is 3.56. The van der Waals surface area contributed by atoms with Crippen LogP contribution in [0.4, 0.5) is 0 Å². The molecule has 1 saturated carbocycles. The lowest BCUT2D eigenvalue weighted by Crippen LogP contribution is -2.30. The maximum Gasteiger partial charge on any atom is 0.0547 e. The topological polar surface area (TPSA) is 32.3 Å². The van der Waals surface area contributed by atoms with Crippen molar-refractivity contribution in [2.45, 2.75) is 31.1 Å². The third kappa shape index (κ3) is 3.33. The standard InChI is InChI=1S/C9H19NOS/c1-7(5-11)12-6-9(10-2)8-3-4-8/h7-11H,3-6H2,1-2H3. The summed E-state index contributed by atoms with van der Waals surface area (Å²) in [4.78, 5) is 0. The van der Waals surface area contributed by atoms with Crippen LogP contribution in [-0.2, 0) is 0 Å². The third-order valence-corrected chi connectivity index (χ3v) is 3.65. The highest BCUT2D eigenvalue weighted by Gasteiger charge is 2.29. The van der Waals surface area contributed by atoms with Crippen LogP contribution < -0.4 is 5.32 Å². The second-order valence-corrected chi connectivity index (χ2v) is 5.03. The molecule has 3 heteroatoms. The van der Waals surface area contributed by atoms with Gasteiger partial charge >= 0.3 is 0 Å². The van der Waals surface area contributed by atoms with Crippen molar-refractivity contribution in [3.8, 4) is 0 Å². The average Bonchev–Trinajstić information content (AvgIpc) is 2.89. The minimum absolute atomic E-state index is 0.297. The molecule has 0 aliphatic heterocycles. The summed E-state index contributed by atoms with van der Waals surface area (Å²) in [5, 5.41) is 12.6. The maximum atomic E-state index is 8.83. The molecule has 1 aliphatic carbocycles. The monoisotopic (exact) mass is 189 g/mol. The summed E-state index contributed by atoms with van der Waals surface area (Å²) in [5.41, 5.74) is 0. The molecule has 0 amide bonds. The van der Waals surface area contributed by atoms with Gasteiger partial charge in [-0.25, -0.2) is 0 Å². The number of hydrogen-bond donors (Lipinski definition) is 2. The minimum Gasteiger partial charge on any atom is -0.395 e. The maximum absolute atomic E-state index is 8.83. The highest BCUT2D eigenvalue weighted by molar-refractivity contribution is 7.99. The van der Waals surface area contributed by atoms with E-state index < -0.39 is 0 Å². The molecule has 1 rings (SSSR count). The molecule has 0 heterocycles. The second kappa shape index (κ2) is 5.10. The van der Waals surface area contributed by atoms with Crippen LogP contribution in [0.15, 0.2) is 0 Å². The lowest BCUT2D eigenvalue weighted by atomic mass is 10.2. The van der Waals surface area contributed by atoms with Gasteiger partial charge in [0.2, 0.25) is 0 Å². The fraction of sp³-hybridized carbons (Fsp3) is 1.00.